The number of esters is 3. The first-order valence-corrected chi connectivity index (χ1v) is 8.32. The summed E-state index contributed by atoms with van der Waals surface area (Å²) in [6.07, 6.45) is 1.32. The van der Waals surface area contributed by atoms with Gasteiger partial charge < -0.3 is 14.2 Å². The third kappa shape index (κ3) is 2.62. The summed E-state index contributed by atoms with van der Waals surface area (Å²) in [5, 5.41) is 0. The number of rotatable bonds is 5. The zero-order valence-corrected chi connectivity index (χ0v) is 14.1. The zero-order valence-electron chi connectivity index (χ0n) is 14.1. The number of hydrogen-bond acceptors (Lipinski definition) is 6. The van der Waals surface area contributed by atoms with Crippen LogP contribution in [0.5, 0.6) is 0 Å². The van der Waals surface area contributed by atoms with Crippen molar-refractivity contribution in [3.05, 3.63) is 0 Å². The van der Waals surface area contributed by atoms with Crippen LogP contribution < -0.4 is 0 Å². The van der Waals surface area contributed by atoms with Crippen molar-refractivity contribution in [2.24, 2.45) is 17.3 Å². The molecule has 0 aromatic rings. The molecule has 1 heterocycles. The van der Waals surface area contributed by atoms with Gasteiger partial charge in [-0.3, -0.25) is 9.59 Å². The van der Waals surface area contributed by atoms with Crippen LogP contribution in [0.1, 0.15) is 53.4 Å². The number of carbonyl (C=O) groups excluding carboxylic acids is 3. The van der Waals surface area contributed by atoms with E-state index in [1.54, 1.807) is 13.8 Å². The van der Waals surface area contributed by atoms with Crippen molar-refractivity contribution in [3.8, 4) is 0 Å². The molecule has 0 N–H and O–H groups in total. The highest BCUT2D eigenvalue weighted by molar-refractivity contribution is 5.82. The van der Waals surface area contributed by atoms with Crippen LogP contribution in [0.2, 0.25) is 0 Å². The topological polar surface area (TPSA) is 78.9 Å². The predicted molar refractivity (Wildman–Crippen MR) is 79.2 cm³/mol. The van der Waals surface area contributed by atoms with Gasteiger partial charge in [-0.05, 0) is 33.6 Å². The van der Waals surface area contributed by atoms with E-state index in [0.717, 1.165) is 0 Å². The van der Waals surface area contributed by atoms with Gasteiger partial charge in [0.2, 0.25) is 0 Å². The van der Waals surface area contributed by atoms with E-state index in [-0.39, 0.29) is 23.9 Å². The van der Waals surface area contributed by atoms with Gasteiger partial charge in [0.1, 0.15) is 11.7 Å². The fourth-order valence-electron chi connectivity index (χ4n) is 3.84. The van der Waals surface area contributed by atoms with E-state index < -0.39 is 29.1 Å². The molecule has 2 saturated carbocycles. The van der Waals surface area contributed by atoms with Crippen LogP contribution >= 0.6 is 0 Å². The summed E-state index contributed by atoms with van der Waals surface area (Å²) >= 11 is 0. The zero-order chi connectivity index (χ0) is 17.0. The van der Waals surface area contributed by atoms with Gasteiger partial charge >= 0.3 is 17.9 Å². The van der Waals surface area contributed by atoms with E-state index in [1.807, 2.05) is 6.92 Å². The number of fused-ring (bicyclic) bond motifs is 1. The second kappa shape index (κ2) is 5.21. The standard InChI is InChI=1S/C17H24O6/c1-5-16(3,4)15(20)21-9(2)13(18)23-17-6-10-11(7-17)14(19)22-12(10)8-17/h9-12H,5-8H2,1-4H3. The Morgan fingerprint density at radius 1 is 1.35 bits per heavy atom. The quantitative estimate of drug-likeness (QED) is 0.568. The molecule has 1 saturated heterocycles. The normalized spacial score (nSPS) is 35.8. The van der Waals surface area contributed by atoms with Crippen LogP contribution in [-0.2, 0) is 28.6 Å². The fourth-order valence-corrected chi connectivity index (χ4v) is 3.84. The lowest BCUT2D eigenvalue weighted by Crippen LogP contribution is -2.39. The molecule has 5 unspecified atom stereocenters. The number of ether oxygens (including phenoxy) is 3. The maximum absolute atomic E-state index is 12.3. The lowest BCUT2D eigenvalue weighted by molar-refractivity contribution is -0.181. The number of carbonyl (C=O) groups is 3. The van der Waals surface area contributed by atoms with Crippen molar-refractivity contribution >= 4 is 17.9 Å². The summed E-state index contributed by atoms with van der Waals surface area (Å²) < 4.78 is 16.3. The minimum Gasteiger partial charge on any atom is -0.462 e. The van der Waals surface area contributed by atoms with E-state index >= 15 is 0 Å². The third-order valence-corrected chi connectivity index (χ3v) is 5.71. The highest BCUT2D eigenvalue weighted by Crippen LogP contribution is 2.58. The van der Waals surface area contributed by atoms with Crippen molar-refractivity contribution < 1.29 is 28.6 Å². The molecule has 5 atom stereocenters. The second-order valence-corrected chi connectivity index (χ2v) is 7.75. The Bertz CT molecular complexity index is 549. The first kappa shape index (κ1) is 16.3. The van der Waals surface area contributed by atoms with Gasteiger partial charge in [0.15, 0.2) is 6.10 Å². The molecule has 128 valence electrons. The first-order valence-electron chi connectivity index (χ1n) is 8.32. The van der Waals surface area contributed by atoms with Gasteiger partial charge in [0.05, 0.1) is 11.3 Å². The van der Waals surface area contributed by atoms with Crippen molar-refractivity contribution in [3.63, 3.8) is 0 Å². The molecule has 3 fully saturated rings. The fraction of sp³-hybridized carbons (Fsp3) is 0.824. The summed E-state index contributed by atoms with van der Waals surface area (Å²) in [5.74, 6) is -1.08. The van der Waals surface area contributed by atoms with Crippen molar-refractivity contribution in [1.82, 2.24) is 0 Å². The number of hydrogen-bond donors (Lipinski definition) is 0. The molecule has 0 spiro atoms. The van der Waals surface area contributed by atoms with E-state index in [0.29, 0.717) is 25.7 Å². The summed E-state index contributed by atoms with van der Waals surface area (Å²) in [7, 11) is 0. The van der Waals surface area contributed by atoms with Crippen LogP contribution in [0.15, 0.2) is 0 Å². The van der Waals surface area contributed by atoms with Crippen molar-refractivity contribution in [2.75, 3.05) is 0 Å². The largest absolute Gasteiger partial charge is 0.462 e. The molecular weight excluding hydrogens is 300 g/mol. The average molecular weight is 324 g/mol. The van der Waals surface area contributed by atoms with Gasteiger partial charge in [-0.2, -0.15) is 0 Å². The summed E-state index contributed by atoms with van der Waals surface area (Å²) in [5.41, 5.74) is -1.25. The summed E-state index contributed by atoms with van der Waals surface area (Å²) in [6, 6.07) is 0. The van der Waals surface area contributed by atoms with Gasteiger partial charge in [-0.1, -0.05) is 6.92 Å². The van der Waals surface area contributed by atoms with E-state index in [4.69, 9.17) is 14.2 Å². The van der Waals surface area contributed by atoms with Gasteiger partial charge in [-0.25, -0.2) is 4.79 Å². The smallest absolute Gasteiger partial charge is 0.347 e. The van der Waals surface area contributed by atoms with E-state index in [1.165, 1.54) is 6.92 Å². The molecule has 1 aliphatic heterocycles. The lowest BCUT2D eigenvalue weighted by atomic mass is 9.88. The Labute approximate surface area is 135 Å². The maximum Gasteiger partial charge on any atom is 0.347 e. The third-order valence-electron chi connectivity index (χ3n) is 5.71. The molecule has 6 nitrogen and oxygen atoms in total. The molecule has 3 aliphatic rings. The Morgan fingerprint density at radius 3 is 2.61 bits per heavy atom. The Kier molecular flexibility index (Phi) is 3.69. The van der Waals surface area contributed by atoms with Gasteiger partial charge in [-0.15, -0.1) is 0 Å². The van der Waals surface area contributed by atoms with Crippen LogP contribution in [0.4, 0.5) is 0 Å². The maximum atomic E-state index is 12.3. The van der Waals surface area contributed by atoms with Crippen LogP contribution in [-0.4, -0.2) is 35.7 Å². The molecule has 3 rings (SSSR count). The molecule has 0 amide bonds. The molecule has 2 aliphatic carbocycles. The van der Waals surface area contributed by atoms with Crippen molar-refractivity contribution in [1.29, 1.82) is 0 Å². The van der Waals surface area contributed by atoms with Crippen LogP contribution in [0.3, 0.4) is 0 Å². The van der Waals surface area contributed by atoms with Gasteiger partial charge in [0, 0.05) is 18.8 Å². The molecule has 0 radical (unpaired) electrons. The minimum absolute atomic E-state index is 0.120. The van der Waals surface area contributed by atoms with Crippen LogP contribution in [0, 0.1) is 17.3 Å². The van der Waals surface area contributed by atoms with E-state index in [9.17, 15) is 14.4 Å². The van der Waals surface area contributed by atoms with Crippen molar-refractivity contribution in [2.45, 2.75) is 71.2 Å². The van der Waals surface area contributed by atoms with E-state index in [2.05, 4.69) is 0 Å². The second-order valence-electron chi connectivity index (χ2n) is 7.75. The first-order chi connectivity index (χ1) is 10.7. The molecule has 6 heteroatoms. The lowest BCUT2D eigenvalue weighted by Gasteiger charge is -2.29. The highest BCUT2D eigenvalue weighted by atomic mass is 16.6. The molecule has 23 heavy (non-hydrogen) atoms. The summed E-state index contributed by atoms with van der Waals surface area (Å²) in [4.78, 5) is 36.1. The molecular formula is C17H24O6. The SMILES string of the molecule is CCC(C)(C)C(=O)OC(C)C(=O)OC12CC3OC(=O)C(C1)C3C2. The monoisotopic (exact) mass is 324 g/mol. The van der Waals surface area contributed by atoms with Gasteiger partial charge in [0.25, 0.3) is 0 Å². The highest BCUT2D eigenvalue weighted by Gasteiger charge is 2.65. The van der Waals surface area contributed by atoms with Crippen LogP contribution in [0.25, 0.3) is 0 Å². The Morgan fingerprint density at radius 2 is 2.04 bits per heavy atom. The predicted octanol–water partition coefficient (Wildman–Crippen LogP) is 1.99. The minimum atomic E-state index is -0.948. The Hall–Kier alpha value is -1.59. The Balaban J connectivity index is 1.60. The average Bonchev–Trinajstić information content (AvgIpc) is 3.05. The molecule has 0 aromatic carbocycles. The molecule has 2 bridgehead atoms. The summed E-state index contributed by atoms with van der Waals surface area (Å²) in [6.45, 7) is 6.99. The molecule has 0 aromatic heterocycles.